The largest absolute Gasteiger partial charge is 0.148 e. The molecule has 1 heterocycles. The van der Waals surface area contributed by atoms with Gasteiger partial charge in [-0.05, 0) is 51.5 Å². The van der Waals surface area contributed by atoms with Gasteiger partial charge in [0.15, 0.2) is 0 Å². The van der Waals surface area contributed by atoms with E-state index in [0.29, 0.717) is 0 Å². The summed E-state index contributed by atoms with van der Waals surface area (Å²) < 4.78 is 1.19. The molecule has 0 atom stereocenters. The molecule has 0 saturated heterocycles. The van der Waals surface area contributed by atoms with E-state index in [1.807, 2.05) is 12.1 Å². The van der Waals surface area contributed by atoms with Crippen molar-refractivity contribution in [3.05, 3.63) is 55.6 Å². The first-order valence-corrected chi connectivity index (χ1v) is 10.0. The lowest BCUT2D eigenvalue weighted by Crippen LogP contribution is -2.32. The topological polar surface area (TPSA) is 0 Å². The Morgan fingerprint density at radius 3 is 2.42 bits per heavy atom. The van der Waals surface area contributed by atoms with Crippen LogP contribution < -0.4 is 0 Å². The number of thiophene rings is 1. The molecule has 0 aliphatic carbocycles. The summed E-state index contributed by atoms with van der Waals surface area (Å²) in [7, 11) is 0. The van der Waals surface area contributed by atoms with Crippen LogP contribution in [0.25, 0.3) is 0 Å². The van der Waals surface area contributed by atoms with Gasteiger partial charge in [-0.15, -0.1) is 11.3 Å². The summed E-state index contributed by atoms with van der Waals surface area (Å²) in [5.74, 6) is 0. The van der Waals surface area contributed by atoms with Crippen molar-refractivity contribution < 1.29 is 0 Å². The van der Waals surface area contributed by atoms with Crippen molar-refractivity contribution in [2.24, 2.45) is 0 Å². The van der Waals surface area contributed by atoms with Gasteiger partial charge >= 0.3 is 0 Å². The second-order valence-corrected chi connectivity index (χ2v) is 7.84. The Bertz CT molecular complexity index is 549. The van der Waals surface area contributed by atoms with Gasteiger partial charge in [0, 0.05) is 30.4 Å². The zero-order chi connectivity index (χ0) is 13.9. The second kappa shape index (κ2) is 7.08. The minimum Gasteiger partial charge on any atom is -0.148 e. The molecule has 1 aromatic heterocycles. The maximum absolute atomic E-state index is 6.14. The van der Waals surface area contributed by atoms with Crippen LogP contribution in [0.1, 0.15) is 10.4 Å². The van der Waals surface area contributed by atoms with Gasteiger partial charge in [0.1, 0.15) is 0 Å². The number of rotatable bonds is 5. The molecule has 0 unspecified atom stereocenters. The van der Waals surface area contributed by atoms with Gasteiger partial charge in [-0.1, -0.05) is 55.6 Å². The summed E-state index contributed by atoms with van der Waals surface area (Å²) in [6, 6.07) is 10.2. The molecule has 0 fully saturated rings. The zero-order valence-corrected chi connectivity index (χ0v) is 16.3. The normalized spacial score (nSPS) is 11.8. The van der Waals surface area contributed by atoms with Crippen LogP contribution in [0.15, 0.2) is 40.2 Å². The maximum Gasteiger partial charge on any atom is 0.0408 e. The summed E-state index contributed by atoms with van der Waals surface area (Å²) in [6.45, 7) is 0. The third-order valence-corrected chi connectivity index (χ3v) is 7.45. The van der Waals surface area contributed by atoms with Crippen molar-refractivity contribution >= 4 is 70.7 Å². The van der Waals surface area contributed by atoms with E-state index in [-0.39, 0.29) is 5.41 Å². The van der Waals surface area contributed by atoms with Crippen LogP contribution >= 0.6 is 70.7 Å². The number of hydrogen-bond donors (Lipinski definition) is 0. The van der Waals surface area contributed by atoms with Gasteiger partial charge in [0.05, 0.1) is 0 Å². The van der Waals surface area contributed by atoms with Gasteiger partial charge in [0.2, 0.25) is 0 Å². The smallest absolute Gasteiger partial charge is 0.0408 e. The zero-order valence-electron chi connectivity index (χ0n) is 10.0. The first-order chi connectivity index (χ1) is 9.11. The quantitative estimate of drug-likeness (QED) is 0.426. The van der Waals surface area contributed by atoms with Crippen LogP contribution in [0.3, 0.4) is 0 Å². The molecule has 0 radical (unpaired) electrons. The van der Waals surface area contributed by atoms with Crippen molar-refractivity contribution in [2.45, 2.75) is 11.8 Å². The Kier molecular flexibility index (Phi) is 5.97. The molecule has 0 bridgehead atoms. The molecule has 19 heavy (non-hydrogen) atoms. The fourth-order valence-corrected chi connectivity index (χ4v) is 5.76. The van der Waals surface area contributed by atoms with E-state index in [1.54, 1.807) is 11.3 Å². The maximum atomic E-state index is 6.14. The number of hydrogen-bond acceptors (Lipinski definition) is 1. The summed E-state index contributed by atoms with van der Waals surface area (Å²) in [4.78, 5) is 1.36. The fraction of sp³-hybridized carbons (Fsp3) is 0.286. The first-order valence-electron chi connectivity index (χ1n) is 5.71. The second-order valence-electron chi connectivity index (χ2n) is 4.43. The molecule has 0 amide bonds. The molecular formula is C14H12Br3ClS. The lowest BCUT2D eigenvalue weighted by Gasteiger charge is -2.30. The highest BCUT2D eigenvalue weighted by atomic mass is 79.9. The Morgan fingerprint density at radius 1 is 1.16 bits per heavy atom. The molecule has 0 N–H and O–H groups in total. The van der Waals surface area contributed by atoms with Crippen molar-refractivity contribution in [3.63, 3.8) is 0 Å². The van der Waals surface area contributed by atoms with Crippen molar-refractivity contribution in [2.75, 3.05) is 10.7 Å². The monoisotopic (exact) mass is 484 g/mol. The van der Waals surface area contributed by atoms with Gasteiger partial charge < -0.3 is 0 Å². The molecule has 0 nitrogen and oxygen atoms in total. The Balaban J connectivity index is 2.40. The highest BCUT2D eigenvalue weighted by Gasteiger charge is 2.31. The lowest BCUT2D eigenvalue weighted by atomic mass is 9.81. The van der Waals surface area contributed by atoms with E-state index in [4.69, 9.17) is 11.6 Å². The average Bonchev–Trinajstić information content (AvgIpc) is 2.81. The Labute approximate surface area is 147 Å². The predicted molar refractivity (Wildman–Crippen MR) is 96.4 cm³/mol. The van der Waals surface area contributed by atoms with Crippen molar-refractivity contribution in [3.8, 4) is 0 Å². The van der Waals surface area contributed by atoms with Gasteiger partial charge in [-0.3, -0.25) is 0 Å². The van der Waals surface area contributed by atoms with Crippen LogP contribution in [-0.4, -0.2) is 10.7 Å². The third-order valence-electron chi connectivity index (χ3n) is 3.14. The minimum absolute atomic E-state index is 0.0122. The van der Waals surface area contributed by atoms with Crippen molar-refractivity contribution in [1.29, 1.82) is 0 Å². The average molecular weight is 487 g/mol. The molecule has 5 heteroatoms. The van der Waals surface area contributed by atoms with E-state index in [2.05, 4.69) is 71.4 Å². The molecule has 0 spiro atoms. The molecule has 102 valence electrons. The van der Waals surface area contributed by atoms with Gasteiger partial charge in [-0.2, -0.15) is 0 Å². The highest BCUT2D eigenvalue weighted by Crippen LogP contribution is 2.37. The van der Waals surface area contributed by atoms with E-state index in [1.165, 1.54) is 14.9 Å². The fourth-order valence-electron chi connectivity index (χ4n) is 1.96. The molecule has 2 rings (SSSR count). The summed E-state index contributed by atoms with van der Waals surface area (Å²) in [5, 5.41) is 4.67. The first kappa shape index (κ1) is 16.0. The Hall–Kier alpha value is 0.650. The van der Waals surface area contributed by atoms with Crippen LogP contribution in [0, 0.1) is 0 Å². The number of halogens is 4. The van der Waals surface area contributed by atoms with Crippen LogP contribution in [0.4, 0.5) is 0 Å². The molecule has 0 aliphatic rings. The van der Waals surface area contributed by atoms with Crippen LogP contribution in [-0.2, 0) is 11.8 Å². The molecule has 0 aliphatic heterocycles. The minimum atomic E-state index is 0.0122. The standard InChI is InChI=1S/C14H12Br3ClS/c15-8-14(9-16,7-13-12(17)4-5-19-13)10-2-1-3-11(18)6-10/h1-6H,7-9H2. The molecule has 0 saturated carbocycles. The summed E-state index contributed by atoms with van der Waals surface area (Å²) in [6.07, 6.45) is 0.974. The highest BCUT2D eigenvalue weighted by molar-refractivity contribution is 9.10. The lowest BCUT2D eigenvalue weighted by molar-refractivity contribution is 0.555. The molecule has 2 aromatic rings. The molecular weight excluding hydrogens is 475 g/mol. The number of benzene rings is 1. The van der Waals surface area contributed by atoms with E-state index < -0.39 is 0 Å². The molecule has 1 aromatic carbocycles. The van der Waals surface area contributed by atoms with Crippen LogP contribution in [0.5, 0.6) is 0 Å². The van der Waals surface area contributed by atoms with E-state index >= 15 is 0 Å². The third kappa shape index (κ3) is 3.65. The van der Waals surface area contributed by atoms with Gasteiger partial charge in [-0.25, -0.2) is 0 Å². The van der Waals surface area contributed by atoms with E-state index in [9.17, 15) is 0 Å². The SMILES string of the molecule is Clc1cccc(C(CBr)(CBr)Cc2sccc2Br)c1. The van der Waals surface area contributed by atoms with Crippen molar-refractivity contribution in [1.82, 2.24) is 0 Å². The van der Waals surface area contributed by atoms with Gasteiger partial charge in [0.25, 0.3) is 0 Å². The van der Waals surface area contributed by atoms with E-state index in [0.717, 1.165) is 22.1 Å². The summed E-state index contributed by atoms with van der Waals surface area (Å²) in [5.41, 5.74) is 1.27. The number of alkyl halides is 2. The Morgan fingerprint density at radius 2 is 1.89 bits per heavy atom. The predicted octanol–water partition coefficient (Wildman–Crippen LogP) is 6.43. The summed E-state index contributed by atoms with van der Waals surface area (Å²) >= 11 is 18.9. The van der Waals surface area contributed by atoms with Crippen LogP contribution in [0.2, 0.25) is 5.02 Å².